The van der Waals surface area contributed by atoms with E-state index >= 15 is 0 Å². The summed E-state index contributed by atoms with van der Waals surface area (Å²) in [6.07, 6.45) is 5.67. The van der Waals surface area contributed by atoms with Crippen molar-refractivity contribution in [1.82, 2.24) is 10.2 Å². The summed E-state index contributed by atoms with van der Waals surface area (Å²) in [6.45, 7) is 5.84. The average molecular weight is 212 g/mol. The standard InChI is InChI=1S/C12H24N2O/c1-10-6-8-14(9-7-13-10)11-4-3-5-12(11)15-2/h10-13H,3-9H2,1-2H3. The summed E-state index contributed by atoms with van der Waals surface area (Å²) in [7, 11) is 1.86. The van der Waals surface area contributed by atoms with Gasteiger partial charge in [0.2, 0.25) is 0 Å². The third kappa shape index (κ3) is 2.71. The monoisotopic (exact) mass is 212 g/mol. The predicted octanol–water partition coefficient (Wildman–Crippen LogP) is 1.24. The van der Waals surface area contributed by atoms with Crippen LogP contribution in [0.25, 0.3) is 0 Å². The van der Waals surface area contributed by atoms with Gasteiger partial charge in [-0.25, -0.2) is 0 Å². The van der Waals surface area contributed by atoms with E-state index in [1.165, 1.54) is 38.8 Å². The van der Waals surface area contributed by atoms with Crippen molar-refractivity contribution in [3.63, 3.8) is 0 Å². The van der Waals surface area contributed by atoms with Crippen LogP contribution in [0.15, 0.2) is 0 Å². The molecule has 1 saturated carbocycles. The normalized spacial score (nSPS) is 39.2. The Balaban J connectivity index is 1.91. The largest absolute Gasteiger partial charge is 0.380 e. The van der Waals surface area contributed by atoms with Gasteiger partial charge in [0.25, 0.3) is 0 Å². The SMILES string of the molecule is COC1CCCC1N1CCNC(C)CC1. The first kappa shape index (κ1) is 11.4. The molecule has 0 aromatic rings. The highest BCUT2D eigenvalue weighted by atomic mass is 16.5. The van der Waals surface area contributed by atoms with Gasteiger partial charge in [-0.2, -0.15) is 0 Å². The van der Waals surface area contributed by atoms with Crippen LogP contribution in [0.2, 0.25) is 0 Å². The molecule has 0 aromatic heterocycles. The first-order chi connectivity index (χ1) is 7.31. The number of methoxy groups -OCH3 is 1. The molecule has 0 radical (unpaired) electrons. The number of hydrogen-bond acceptors (Lipinski definition) is 3. The van der Waals surface area contributed by atoms with E-state index in [1.54, 1.807) is 0 Å². The predicted molar refractivity (Wildman–Crippen MR) is 62.1 cm³/mol. The van der Waals surface area contributed by atoms with Crippen molar-refractivity contribution in [2.75, 3.05) is 26.7 Å². The van der Waals surface area contributed by atoms with Crippen LogP contribution in [0.1, 0.15) is 32.6 Å². The van der Waals surface area contributed by atoms with Crippen molar-refractivity contribution in [2.45, 2.75) is 50.8 Å². The van der Waals surface area contributed by atoms with E-state index in [0.717, 1.165) is 6.54 Å². The molecule has 0 amide bonds. The van der Waals surface area contributed by atoms with Crippen LogP contribution in [-0.2, 0) is 4.74 Å². The van der Waals surface area contributed by atoms with Crippen LogP contribution >= 0.6 is 0 Å². The topological polar surface area (TPSA) is 24.5 Å². The highest BCUT2D eigenvalue weighted by molar-refractivity contribution is 4.88. The van der Waals surface area contributed by atoms with Gasteiger partial charge < -0.3 is 10.1 Å². The third-order valence-corrected chi connectivity index (χ3v) is 3.93. The quantitative estimate of drug-likeness (QED) is 0.745. The van der Waals surface area contributed by atoms with E-state index in [4.69, 9.17) is 4.74 Å². The zero-order chi connectivity index (χ0) is 10.7. The van der Waals surface area contributed by atoms with Crippen molar-refractivity contribution in [2.24, 2.45) is 0 Å². The van der Waals surface area contributed by atoms with E-state index < -0.39 is 0 Å². The minimum Gasteiger partial charge on any atom is -0.380 e. The molecule has 3 atom stereocenters. The molecular weight excluding hydrogens is 188 g/mol. The lowest BCUT2D eigenvalue weighted by Gasteiger charge is -2.31. The summed E-state index contributed by atoms with van der Waals surface area (Å²) >= 11 is 0. The van der Waals surface area contributed by atoms with Gasteiger partial charge in [0, 0.05) is 38.8 Å². The first-order valence-electron chi connectivity index (χ1n) is 6.31. The molecule has 1 saturated heterocycles. The maximum Gasteiger partial charge on any atom is 0.0726 e. The molecule has 1 aliphatic heterocycles. The molecule has 2 rings (SSSR count). The second kappa shape index (κ2) is 5.28. The van der Waals surface area contributed by atoms with Gasteiger partial charge in [-0.15, -0.1) is 0 Å². The minimum absolute atomic E-state index is 0.485. The van der Waals surface area contributed by atoms with Crippen LogP contribution in [0.5, 0.6) is 0 Å². The van der Waals surface area contributed by atoms with Gasteiger partial charge in [0.05, 0.1) is 6.10 Å². The van der Waals surface area contributed by atoms with Gasteiger partial charge >= 0.3 is 0 Å². The Hall–Kier alpha value is -0.120. The van der Waals surface area contributed by atoms with Crippen LogP contribution < -0.4 is 5.32 Å². The van der Waals surface area contributed by atoms with Crippen molar-refractivity contribution >= 4 is 0 Å². The number of hydrogen-bond donors (Lipinski definition) is 1. The fourth-order valence-electron chi connectivity index (χ4n) is 2.96. The van der Waals surface area contributed by atoms with Crippen LogP contribution in [-0.4, -0.2) is 49.8 Å². The Morgan fingerprint density at radius 1 is 1.20 bits per heavy atom. The maximum absolute atomic E-state index is 5.58. The second-order valence-electron chi connectivity index (χ2n) is 4.95. The Morgan fingerprint density at radius 2 is 2.07 bits per heavy atom. The van der Waals surface area contributed by atoms with Crippen molar-refractivity contribution < 1.29 is 4.74 Å². The van der Waals surface area contributed by atoms with E-state index in [0.29, 0.717) is 18.2 Å². The summed E-state index contributed by atoms with van der Waals surface area (Å²) in [6, 6.07) is 1.36. The summed E-state index contributed by atoms with van der Waals surface area (Å²) in [5.74, 6) is 0. The van der Waals surface area contributed by atoms with E-state index in [1.807, 2.05) is 7.11 Å². The summed E-state index contributed by atoms with van der Waals surface area (Å²) < 4.78 is 5.58. The Labute approximate surface area is 93.2 Å². The molecule has 2 aliphatic rings. The van der Waals surface area contributed by atoms with Crippen LogP contribution in [0.4, 0.5) is 0 Å². The second-order valence-corrected chi connectivity index (χ2v) is 4.95. The van der Waals surface area contributed by atoms with Gasteiger partial charge in [-0.3, -0.25) is 4.90 Å². The van der Waals surface area contributed by atoms with E-state index in [-0.39, 0.29) is 0 Å². The van der Waals surface area contributed by atoms with Gasteiger partial charge in [0.15, 0.2) is 0 Å². The van der Waals surface area contributed by atoms with Crippen LogP contribution in [0, 0.1) is 0 Å². The molecule has 1 N–H and O–H groups in total. The minimum atomic E-state index is 0.485. The molecule has 0 aromatic carbocycles. The van der Waals surface area contributed by atoms with Gasteiger partial charge in [-0.05, 0) is 32.6 Å². The number of ether oxygens (including phenoxy) is 1. The highest BCUT2D eigenvalue weighted by Crippen LogP contribution is 2.26. The number of rotatable bonds is 2. The number of nitrogens with zero attached hydrogens (tertiary/aromatic N) is 1. The molecule has 88 valence electrons. The number of nitrogens with one attached hydrogen (secondary N) is 1. The molecule has 3 heteroatoms. The average Bonchev–Trinajstić information content (AvgIpc) is 2.61. The zero-order valence-corrected chi connectivity index (χ0v) is 10.0. The van der Waals surface area contributed by atoms with Crippen molar-refractivity contribution in [3.05, 3.63) is 0 Å². The molecule has 0 bridgehead atoms. The molecule has 15 heavy (non-hydrogen) atoms. The molecule has 0 spiro atoms. The lowest BCUT2D eigenvalue weighted by molar-refractivity contribution is 0.0352. The Kier molecular flexibility index (Phi) is 4.00. The van der Waals surface area contributed by atoms with Crippen molar-refractivity contribution in [3.8, 4) is 0 Å². The van der Waals surface area contributed by atoms with Gasteiger partial charge in [-0.1, -0.05) is 0 Å². The highest BCUT2D eigenvalue weighted by Gasteiger charge is 2.32. The Bertz CT molecular complexity index is 198. The molecular formula is C12H24N2O. The first-order valence-corrected chi connectivity index (χ1v) is 6.31. The molecule has 1 heterocycles. The third-order valence-electron chi connectivity index (χ3n) is 3.93. The molecule has 1 aliphatic carbocycles. The summed E-state index contributed by atoms with van der Waals surface area (Å²) in [5.41, 5.74) is 0. The van der Waals surface area contributed by atoms with E-state index in [9.17, 15) is 0 Å². The lowest BCUT2D eigenvalue weighted by Crippen LogP contribution is -2.42. The summed E-state index contributed by atoms with van der Waals surface area (Å²) in [5, 5.41) is 3.55. The Morgan fingerprint density at radius 3 is 2.87 bits per heavy atom. The maximum atomic E-state index is 5.58. The van der Waals surface area contributed by atoms with E-state index in [2.05, 4.69) is 17.1 Å². The fourth-order valence-corrected chi connectivity index (χ4v) is 2.96. The lowest BCUT2D eigenvalue weighted by atomic mass is 10.1. The summed E-state index contributed by atoms with van der Waals surface area (Å²) in [4.78, 5) is 2.64. The molecule has 3 nitrogen and oxygen atoms in total. The smallest absolute Gasteiger partial charge is 0.0726 e. The zero-order valence-electron chi connectivity index (χ0n) is 10.0. The fraction of sp³-hybridized carbons (Fsp3) is 1.00. The molecule has 2 fully saturated rings. The van der Waals surface area contributed by atoms with Crippen molar-refractivity contribution in [1.29, 1.82) is 0 Å². The van der Waals surface area contributed by atoms with Crippen LogP contribution in [0.3, 0.4) is 0 Å². The molecule has 3 unspecified atom stereocenters. The van der Waals surface area contributed by atoms with Gasteiger partial charge in [0.1, 0.15) is 0 Å².